The average Bonchev–Trinajstić information content (AvgIpc) is 2.96. The van der Waals surface area contributed by atoms with E-state index in [0.29, 0.717) is 22.0 Å². The Hall–Kier alpha value is -3.99. The van der Waals surface area contributed by atoms with Crippen LogP contribution in [0, 0.1) is 0 Å². The van der Waals surface area contributed by atoms with Gasteiger partial charge in [-0.2, -0.15) is 0 Å². The van der Waals surface area contributed by atoms with Crippen molar-refractivity contribution in [1.82, 2.24) is 10.9 Å². The summed E-state index contributed by atoms with van der Waals surface area (Å²) in [4.78, 5) is 26.0. The molecule has 0 radical (unpaired) electrons. The fourth-order valence-electron chi connectivity index (χ4n) is 3.37. The molecule has 0 saturated carbocycles. The van der Waals surface area contributed by atoms with E-state index >= 15 is 0 Å². The number of benzene rings is 4. The molecule has 0 fully saturated rings. The molecule has 4 aromatic rings. The molecule has 4 rings (SSSR count). The van der Waals surface area contributed by atoms with Crippen molar-refractivity contribution in [3.8, 4) is 5.75 Å². The van der Waals surface area contributed by atoms with E-state index in [2.05, 4.69) is 15.6 Å². The number of ether oxygens (including phenoxy) is 1. The number of nitrogens with one attached hydrogen (secondary N) is 3. The molecule has 0 atom stereocenters. The van der Waals surface area contributed by atoms with E-state index in [1.807, 2.05) is 36.4 Å². The van der Waals surface area contributed by atoms with E-state index in [1.165, 1.54) is 31.4 Å². The number of rotatable bonds is 9. The number of sulfonamides is 1. The van der Waals surface area contributed by atoms with Gasteiger partial charge >= 0.3 is 0 Å². The number of hydrogen-bond donors (Lipinski definition) is 3. The monoisotopic (exact) mass is 581 g/mol. The number of anilines is 1. The number of amides is 2. The minimum absolute atomic E-state index is 0.0202. The highest BCUT2D eigenvalue weighted by atomic mass is 35.5. The number of hydrogen-bond acceptors (Lipinski definition) is 6. The summed E-state index contributed by atoms with van der Waals surface area (Å²) in [5.41, 5.74) is 6.67. The molecule has 0 bridgehead atoms. The molecule has 0 aliphatic carbocycles. The molecular formula is C28H24ClN3O5S2. The van der Waals surface area contributed by atoms with Crippen molar-refractivity contribution in [3.05, 3.63) is 119 Å². The van der Waals surface area contributed by atoms with Crippen LogP contribution in [0.3, 0.4) is 0 Å². The van der Waals surface area contributed by atoms with Crippen LogP contribution in [-0.2, 0) is 15.8 Å². The second kappa shape index (κ2) is 12.7. The topological polar surface area (TPSA) is 114 Å². The second-order valence-electron chi connectivity index (χ2n) is 8.21. The van der Waals surface area contributed by atoms with Gasteiger partial charge in [0.25, 0.3) is 21.8 Å². The van der Waals surface area contributed by atoms with Gasteiger partial charge in [-0.25, -0.2) is 8.42 Å². The summed E-state index contributed by atoms with van der Waals surface area (Å²) in [6, 6.07) is 26.4. The smallest absolute Gasteiger partial charge is 0.269 e. The number of halogens is 1. The Morgan fingerprint density at radius 2 is 1.31 bits per heavy atom. The first-order valence-electron chi connectivity index (χ1n) is 11.6. The van der Waals surface area contributed by atoms with Crippen LogP contribution in [0.2, 0.25) is 5.02 Å². The summed E-state index contributed by atoms with van der Waals surface area (Å²) in [5, 5.41) is 0.685. The first kappa shape index (κ1) is 28.0. The normalized spacial score (nSPS) is 10.9. The zero-order valence-corrected chi connectivity index (χ0v) is 23.1. The third-order valence-electron chi connectivity index (χ3n) is 5.49. The second-order valence-corrected chi connectivity index (χ2v) is 11.4. The van der Waals surface area contributed by atoms with Crippen molar-refractivity contribution in [2.45, 2.75) is 15.5 Å². The molecule has 3 N–H and O–H groups in total. The van der Waals surface area contributed by atoms with E-state index in [1.54, 1.807) is 48.2 Å². The Morgan fingerprint density at radius 1 is 0.769 bits per heavy atom. The summed E-state index contributed by atoms with van der Waals surface area (Å²) >= 11 is 7.56. The zero-order valence-electron chi connectivity index (χ0n) is 20.7. The third-order valence-corrected chi connectivity index (χ3v) is 8.23. The van der Waals surface area contributed by atoms with Crippen LogP contribution in [0.4, 0.5) is 5.69 Å². The molecule has 4 aromatic carbocycles. The van der Waals surface area contributed by atoms with E-state index in [-0.39, 0.29) is 10.5 Å². The maximum absolute atomic E-state index is 12.7. The van der Waals surface area contributed by atoms with Crippen molar-refractivity contribution < 1.29 is 22.7 Å². The summed E-state index contributed by atoms with van der Waals surface area (Å²) in [7, 11) is -2.34. The van der Waals surface area contributed by atoms with Crippen LogP contribution in [0.25, 0.3) is 0 Å². The van der Waals surface area contributed by atoms with Gasteiger partial charge < -0.3 is 4.74 Å². The highest BCUT2D eigenvalue weighted by Gasteiger charge is 2.16. The molecule has 0 heterocycles. The van der Waals surface area contributed by atoms with Crippen LogP contribution in [0.5, 0.6) is 5.75 Å². The van der Waals surface area contributed by atoms with Gasteiger partial charge in [0.05, 0.1) is 12.0 Å². The Balaban J connectivity index is 1.28. The van der Waals surface area contributed by atoms with Crippen molar-refractivity contribution in [2.24, 2.45) is 0 Å². The highest BCUT2D eigenvalue weighted by Crippen LogP contribution is 2.24. The molecule has 0 unspecified atom stereocenters. The first-order chi connectivity index (χ1) is 18.7. The van der Waals surface area contributed by atoms with Crippen molar-refractivity contribution >= 4 is 50.9 Å². The predicted molar refractivity (Wildman–Crippen MR) is 153 cm³/mol. The summed E-state index contributed by atoms with van der Waals surface area (Å²) < 4.78 is 32.8. The Bertz CT molecular complexity index is 1540. The molecule has 0 spiro atoms. The molecule has 0 aromatic heterocycles. The van der Waals surface area contributed by atoms with E-state index in [0.717, 1.165) is 16.2 Å². The SMILES string of the molecule is COc1ccc(NS(=O)(=O)c2ccc(C(=O)NNC(=O)c3ccc(CSc4ccc(Cl)cc4)cc3)cc2)cc1. The van der Waals surface area contributed by atoms with Crippen LogP contribution >= 0.6 is 23.4 Å². The lowest BCUT2D eigenvalue weighted by atomic mass is 10.1. The van der Waals surface area contributed by atoms with Crippen LogP contribution in [0.15, 0.2) is 107 Å². The maximum Gasteiger partial charge on any atom is 0.269 e. The lowest BCUT2D eigenvalue weighted by molar-refractivity contribution is 0.0846. The molecule has 8 nitrogen and oxygen atoms in total. The standard InChI is InChI=1S/C28H24ClN3O5S2/c1-37-24-12-10-23(11-13-24)32-39(35,36)26-16-6-21(7-17-26)28(34)31-30-27(33)20-4-2-19(3-5-20)18-38-25-14-8-22(29)9-15-25/h2-17,32H,18H2,1H3,(H,30,33)(H,31,34). The van der Waals surface area contributed by atoms with Gasteiger partial charge in [0.15, 0.2) is 0 Å². The first-order valence-corrected chi connectivity index (χ1v) is 14.4. The number of thioether (sulfide) groups is 1. The Kier molecular flexibility index (Phi) is 9.13. The molecule has 11 heteroatoms. The number of carbonyl (C=O) groups excluding carboxylic acids is 2. The summed E-state index contributed by atoms with van der Waals surface area (Å²) in [5.74, 6) is 0.248. The lowest BCUT2D eigenvalue weighted by Gasteiger charge is -2.10. The van der Waals surface area contributed by atoms with E-state index in [4.69, 9.17) is 16.3 Å². The number of hydrazine groups is 1. The van der Waals surface area contributed by atoms with Crippen molar-refractivity contribution in [1.29, 1.82) is 0 Å². The maximum atomic E-state index is 12.7. The lowest BCUT2D eigenvalue weighted by Crippen LogP contribution is -2.41. The van der Waals surface area contributed by atoms with E-state index < -0.39 is 21.8 Å². The van der Waals surface area contributed by atoms with Crippen LogP contribution in [0.1, 0.15) is 26.3 Å². The molecule has 2 amide bonds. The zero-order chi connectivity index (χ0) is 27.8. The largest absolute Gasteiger partial charge is 0.497 e. The van der Waals surface area contributed by atoms with Crippen molar-refractivity contribution in [3.63, 3.8) is 0 Å². The molecule has 0 aliphatic rings. The quantitative estimate of drug-likeness (QED) is 0.177. The van der Waals surface area contributed by atoms with Gasteiger partial charge in [0.2, 0.25) is 0 Å². The van der Waals surface area contributed by atoms with Gasteiger partial charge in [0.1, 0.15) is 5.75 Å². The van der Waals surface area contributed by atoms with Gasteiger partial charge in [-0.3, -0.25) is 25.2 Å². The minimum Gasteiger partial charge on any atom is -0.497 e. The van der Waals surface area contributed by atoms with Gasteiger partial charge in [0, 0.05) is 32.5 Å². The molecule has 39 heavy (non-hydrogen) atoms. The van der Waals surface area contributed by atoms with Crippen LogP contribution < -0.4 is 20.3 Å². The van der Waals surface area contributed by atoms with Crippen molar-refractivity contribution in [2.75, 3.05) is 11.8 Å². The molecular weight excluding hydrogens is 558 g/mol. The van der Waals surface area contributed by atoms with Crippen LogP contribution in [-0.4, -0.2) is 27.3 Å². The average molecular weight is 582 g/mol. The highest BCUT2D eigenvalue weighted by molar-refractivity contribution is 7.98. The number of methoxy groups -OCH3 is 1. The van der Waals surface area contributed by atoms with E-state index in [9.17, 15) is 18.0 Å². The van der Waals surface area contributed by atoms with Gasteiger partial charge in [-0.15, -0.1) is 11.8 Å². The summed E-state index contributed by atoms with van der Waals surface area (Å²) in [6.45, 7) is 0. The summed E-state index contributed by atoms with van der Waals surface area (Å²) in [6.07, 6.45) is 0. The van der Waals surface area contributed by atoms with Gasteiger partial charge in [-0.1, -0.05) is 23.7 Å². The molecule has 0 aliphatic heterocycles. The van der Waals surface area contributed by atoms with Gasteiger partial charge in [-0.05, 0) is 90.5 Å². The molecule has 200 valence electrons. The Labute approximate surface area is 235 Å². The minimum atomic E-state index is -3.86. The number of carbonyl (C=O) groups is 2. The third kappa shape index (κ3) is 7.76. The fourth-order valence-corrected chi connectivity index (χ4v) is 5.41. The Morgan fingerprint density at radius 3 is 1.85 bits per heavy atom. The molecule has 0 saturated heterocycles. The predicted octanol–water partition coefficient (Wildman–Crippen LogP) is 5.52. The fraction of sp³-hybridized carbons (Fsp3) is 0.0714.